The van der Waals surface area contributed by atoms with Gasteiger partial charge in [0.05, 0.1) is 6.04 Å². The summed E-state index contributed by atoms with van der Waals surface area (Å²) in [6, 6.07) is 14.3. The van der Waals surface area contributed by atoms with Crippen LogP contribution in [0.4, 0.5) is 10.5 Å². The Hall–Kier alpha value is -2.79. The molecule has 0 saturated carbocycles. The highest BCUT2D eigenvalue weighted by Crippen LogP contribution is 2.36. The zero-order valence-electron chi connectivity index (χ0n) is 13.8. The van der Waals surface area contributed by atoms with Gasteiger partial charge >= 0.3 is 6.09 Å². The molecule has 128 valence electrons. The average Bonchev–Trinajstić information content (AvgIpc) is 3.05. The topological polar surface area (TPSA) is 66.6 Å². The minimum absolute atomic E-state index is 0.378. The van der Waals surface area contributed by atoms with Crippen molar-refractivity contribution in [3.8, 4) is 11.3 Å². The van der Waals surface area contributed by atoms with Crippen molar-refractivity contribution >= 4 is 23.4 Å². The molecule has 0 saturated heterocycles. The first-order chi connectivity index (χ1) is 12.0. The number of aryl methyl sites for hydroxylation is 1. The van der Waals surface area contributed by atoms with Gasteiger partial charge in [-0.15, -0.1) is 0 Å². The fraction of sp³-hybridized carbons (Fsp3) is 0.158. The van der Waals surface area contributed by atoms with Crippen molar-refractivity contribution in [3.05, 3.63) is 70.9 Å². The van der Waals surface area contributed by atoms with E-state index in [4.69, 9.17) is 16.1 Å². The Morgan fingerprint density at radius 1 is 1.20 bits per heavy atom. The van der Waals surface area contributed by atoms with Gasteiger partial charge in [0.25, 0.3) is 0 Å². The third kappa shape index (κ3) is 3.37. The van der Waals surface area contributed by atoms with Gasteiger partial charge in [0.1, 0.15) is 17.6 Å². The van der Waals surface area contributed by atoms with Crippen LogP contribution in [0.2, 0.25) is 5.02 Å². The molecule has 2 aromatic carbocycles. The van der Waals surface area contributed by atoms with Gasteiger partial charge in [-0.25, -0.2) is 4.79 Å². The summed E-state index contributed by atoms with van der Waals surface area (Å²) in [5, 5.41) is 14.3. The Bertz CT molecular complexity index is 890. The molecular formula is C19H17ClN2O3. The summed E-state index contributed by atoms with van der Waals surface area (Å²) in [6.07, 6.45) is 0.236. The highest BCUT2D eigenvalue weighted by atomic mass is 35.5. The van der Waals surface area contributed by atoms with Gasteiger partial charge in [0.2, 0.25) is 0 Å². The molecule has 1 heterocycles. The lowest BCUT2D eigenvalue weighted by atomic mass is 10.0. The van der Waals surface area contributed by atoms with Crippen LogP contribution < -0.4 is 4.90 Å². The van der Waals surface area contributed by atoms with Crippen LogP contribution in [0.25, 0.3) is 11.3 Å². The third-order valence-corrected chi connectivity index (χ3v) is 4.43. The Kier molecular flexibility index (Phi) is 4.76. The minimum Gasteiger partial charge on any atom is -0.465 e. The van der Waals surface area contributed by atoms with Gasteiger partial charge < -0.3 is 9.63 Å². The number of carbonyl (C=O) groups is 1. The molecule has 0 aliphatic carbocycles. The zero-order valence-corrected chi connectivity index (χ0v) is 14.6. The first-order valence-electron chi connectivity index (χ1n) is 7.77. The Morgan fingerprint density at radius 3 is 2.52 bits per heavy atom. The normalized spacial score (nSPS) is 12.0. The van der Waals surface area contributed by atoms with E-state index in [0.29, 0.717) is 22.0 Å². The predicted octanol–water partition coefficient (Wildman–Crippen LogP) is 5.55. The molecule has 1 unspecified atom stereocenters. The Morgan fingerprint density at radius 2 is 1.88 bits per heavy atom. The molecule has 1 aromatic heterocycles. The van der Waals surface area contributed by atoms with Crippen molar-refractivity contribution in [2.24, 2.45) is 0 Å². The fourth-order valence-electron chi connectivity index (χ4n) is 2.74. The van der Waals surface area contributed by atoms with Crippen molar-refractivity contribution in [2.75, 3.05) is 4.90 Å². The van der Waals surface area contributed by atoms with Crippen molar-refractivity contribution < 1.29 is 14.4 Å². The SMILES string of the molecule is Cc1ccc(-c2nocc2N(C(=O)O)C(C)c2ccccc2Cl)cc1. The van der Waals surface area contributed by atoms with E-state index in [1.165, 1.54) is 11.2 Å². The molecule has 0 spiro atoms. The molecule has 1 amide bonds. The molecule has 0 aliphatic heterocycles. The molecule has 3 rings (SSSR count). The molecule has 0 bridgehead atoms. The van der Waals surface area contributed by atoms with Crippen LogP contribution in [0.15, 0.2) is 59.3 Å². The van der Waals surface area contributed by atoms with Crippen molar-refractivity contribution in [2.45, 2.75) is 19.9 Å². The van der Waals surface area contributed by atoms with Crippen LogP contribution >= 0.6 is 11.6 Å². The van der Waals surface area contributed by atoms with Crippen molar-refractivity contribution in [1.29, 1.82) is 0 Å². The average molecular weight is 357 g/mol. The second kappa shape index (κ2) is 6.99. The van der Waals surface area contributed by atoms with E-state index in [-0.39, 0.29) is 0 Å². The number of hydrogen-bond donors (Lipinski definition) is 1. The smallest absolute Gasteiger partial charge is 0.412 e. The van der Waals surface area contributed by atoms with Gasteiger partial charge in [-0.3, -0.25) is 4.90 Å². The first kappa shape index (κ1) is 17.0. The third-order valence-electron chi connectivity index (χ3n) is 4.08. The van der Waals surface area contributed by atoms with Crippen LogP contribution in [0, 0.1) is 6.92 Å². The molecule has 6 heteroatoms. The summed E-state index contributed by atoms with van der Waals surface area (Å²) in [4.78, 5) is 13.2. The predicted molar refractivity (Wildman–Crippen MR) is 97.0 cm³/mol. The summed E-state index contributed by atoms with van der Waals surface area (Å²) in [5.41, 5.74) is 3.45. The number of anilines is 1. The molecule has 3 aromatic rings. The number of amides is 1. The van der Waals surface area contributed by atoms with Crippen molar-refractivity contribution in [1.82, 2.24) is 5.16 Å². The maximum Gasteiger partial charge on any atom is 0.412 e. The summed E-state index contributed by atoms with van der Waals surface area (Å²) in [5.74, 6) is 0. The fourth-order valence-corrected chi connectivity index (χ4v) is 3.04. The zero-order chi connectivity index (χ0) is 18.0. The lowest BCUT2D eigenvalue weighted by molar-refractivity contribution is 0.199. The molecule has 1 atom stereocenters. The summed E-state index contributed by atoms with van der Waals surface area (Å²) in [6.45, 7) is 3.76. The van der Waals surface area contributed by atoms with E-state index < -0.39 is 12.1 Å². The number of benzene rings is 2. The van der Waals surface area contributed by atoms with Crippen molar-refractivity contribution in [3.63, 3.8) is 0 Å². The highest BCUT2D eigenvalue weighted by molar-refractivity contribution is 6.31. The molecule has 0 radical (unpaired) electrons. The lowest BCUT2D eigenvalue weighted by Gasteiger charge is -2.26. The largest absolute Gasteiger partial charge is 0.465 e. The van der Waals surface area contributed by atoms with E-state index in [0.717, 1.165) is 11.1 Å². The Labute approximate surface area is 150 Å². The van der Waals surface area contributed by atoms with Gasteiger partial charge in [-0.1, -0.05) is 64.8 Å². The number of aromatic nitrogens is 1. The van der Waals surface area contributed by atoms with Gasteiger partial charge in [0, 0.05) is 10.6 Å². The second-order valence-corrected chi connectivity index (χ2v) is 6.17. The van der Waals surface area contributed by atoms with Crippen LogP contribution in [-0.4, -0.2) is 16.4 Å². The summed E-state index contributed by atoms with van der Waals surface area (Å²) < 4.78 is 5.09. The van der Waals surface area contributed by atoms with Gasteiger partial charge in [-0.2, -0.15) is 0 Å². The number of hydrogen-bond acceptors (Lipinski definition) is 3. The summed E-state index contributed by atoms with van der Waals surface area (Å²) in [7, 11) is 0. The number of halogens is 1. The lowest BCUT2D eigenvalue weighted by Crippen LogP contribution is -2.32. The first-order valence-corrected chi connectivity index (χ1v) is 8.15. The highest BCUT2D eigenvalue weighted by Gasteiger charge is 2.29. The Balaban J connectivity index is 2.06. The molecule has 0 fully saturated rings. The maximum absolute atomic E-state index is 12.0. The molecule has 0 aliphatic rings. The van der Waals surface area contributed by atoms with Crippen LogP contribution in [0.5, 0.6) is 0 Å². The number of carboxylic acid groups (broad SMARTS) is 1. The van der Waals surface area contributed by atoms with E-state index >= 15 is 0 Å². The summed E-state index contributed by atoms with van der Waals surface area (Å²) >= 11 is 6.24. The van der Waals surface area contributed by atoms with E-state index in [9.17, 15) is 9.90 Å². The molecule has 25 heavy (non-hydrogen) atoms. The quantitative estimate of drug-likeness (QED) is 0.665. The van der Waals surface area contributed by atoms with E-state index in [1.807, 2.05) is 43.3 Å². The van der Waals surface area contributed by atoms with Crippen LogP contribution in [0.3, 0.4) is 0 Å². The number of nitrogens with zero attached hydrogens (tertiary/aromatic N) is 2. The maximum atomic E-state index is 12.0. The molecular weight excluding hydrogens is 340 g/mol. The minimum atomic E-state index is -1.11. The molecule has 5 nitrogen and oxygen atoms in total. The standard InChI is InChI=1S/C19H17ClN2O3/c1-12-7-9-14(10-8-12)18-17(11-25-21-18)22(19(23)24)13(2)15-5-3-4-6-16(15)20/h3-11,13H,1-2H3,(H,23,24). The van der Waals surface area contributed by atoms with Gasteiger partial charge in [-0.05, 0) is 25.5 Å². The van der Waals surface area contributed by atoms with Crippen LogP contribution in [0.1, 0.15) is 24.1 Å². The molecule has 1 N–H and O–H groups in total. The second-order valence-electron chi connectivity index (χ2n) is 5.76. The van der Waals surface area contributed by atoms with E-state index in [1.54, 1.807) is 19.1 Å². The monoisotopic (exact) mass is 356 g/mol. The number of rotatable bonds is 4. The van der Waals surface area contributed by atoms with Gasteiger partial charge in [0.15, 0.2) is 0 Å². The van der Waals surface area contributed by atoms with Crippen LogP contribution in [-0.2, 0) is 0 Å². The van der Waals surface area contributed by atoms with E-state index in [2.05, 4.69) is 5.16 Å².